The molecule has 4 rings (SSSR count). The van der Waals surface area contributed by atoms with Crippen LogP contribution in [0.15, 0.2) is 53.1 Å². The zero-order valence-corrected chi connectivity index (χ0v) is 15.9. The number of nitrogens with zero attached hydrogens (tertiary/aromatic N) is 3. The number of benzene rings is 1. The fourth-order valence-electron chi connectivity index (χ4n) is 3.53. The molecule has 27 heavy (non-hydrogen) atoms. The van der Waals surface area contributed by atoms with Crippen molar-refractivity contribution in [3.8, 4) is 23.1 Å². The van der Waals surface area contributed by atoms with Crippen molar-refractivity contribution in [3.63, 3.8) is 0 Å². The molecule has 2 aromatic heterocycles. The van der Waals surface area contributed by atoms with E-state index in [0.717, 1.165) is 35.7 Å². The van der Waals surface area contributed by atoms with E-state index in [0.29, 0.717) is 17.8 Å². The van der Waals surface area contributed by atoms with E-state index in [4.69, 9.17) is 14.1 Å². The molecule has 0 saturated carbocycles. The van der Waals surface area contributed by atoms with Crippen LogP contribution in [-0.2, 0) is 6.42 Å². The Morgan fingerprint density at radius 2 is 2.04 bits per heavy atom. The van der Waals surface area contributed by atoms with Crippen LogP contribution in [0.3, 0.4) is 0 Å². The zero-order chi connectivity index (χ0) is 18.6. The predicted molar refractivity (Wildman–Crippen MR) is 105 cm³/mol. The highest BCUT2D eigenvalue weighted by atomic mass is 16.5. The number of aromatic nitrogens is 2. The van der Waals surface area contributed by atoms with Gasteiger partial charge in [-0.1, -0.05) is 18.2 Å². The SMILES string of the molecule is Cc1oc(-c2ccc(Oc3ccccc3)nc2)nc1CCN1CCC[C@H]1C. The minimum atomic E-state index is 0.552. The topological polar surface area (TPSA) is 51.4 Å². The maximum absolute atomic E-state index is 5.89. The molecule has 0 unspecified atom stereocenters. The highest BCUT2D eigenvalue weighted by Gasteiger charge is 2.21. The molecule has 0 bridgehead atoms. The molecule has 1 fully saturated rings. The lowest BCUT2D eigenvalue weighted by atomic mass is 10.2. The molecule has 3 heterocycles. The second-order valence-corrected chi connectivity index (χ2v) is 7.10. The van der Waals surface area contributed by atoms with E-state index in [1.54, 1.807) is 6.20 Å². The van der Waals surface area contributed by atoms with Crippen LogP contribution in [0.2, 0.25) is 0 Å². The van der Waals surface area contributed by atoms with E-state index in [2.05, 4.69) is 16.8 Å². The minimum Gasteiger partial charge on any atom is -0.441 e. The van der Waals surface area contributed by atoms with Crippen molar-refractivity contribution in [1.29, 1.82) is 0 Å². The van der Waals surface area contributed by atoms with E-state index < -0.39 is 0 Å². The Labute approximate surface area is 160 Å². The third-order valence-electron chi connectivity index (χ3n) is 5.17. The molecule has 0 aliphatic carbocycles. The lowest BCUT2D eigenvalue weighted by Gasteiger charge is -2.20. The number of ether oxygens (including phenoxy) is 1. The van der Waals surface area contributed by atoms with Gasteiger partial charge >= 0.3 is 0 Å². The monoisotopic (exact) mass is 363 g/mol. The summed E-state index contributed by atoms with van der Waals surface area (Å²) in [7, 11) is 0. The summed E-state index contributed by atoms with van der Waals surface area (Å²) in [6.07, 6.45) is 5.26. The first-order valence-electron chi connectivity index (χ1n) is 9.59. The molecule has 0 radical (unpaired) electrons. The fraction of sp³-hybridized carbons (Fsp3) is 0.364. The second kappa shape index (κ2) is 7.92. The van der Waals surface area contributed by atoms with E-state index >= 15 is 0 Å². The summed E-state index contributed by atoms with van der Waals surface area (Å²) in [4.78, 5) is 11.6. The Kier molecular flexibility index (Phi) is 5.21. The highest BCUT2D eigenvalue weighted by Crippen LogP contribution is 2.25. The standard InChI is InChI=1S/C22H25N3O2/c1-16-7-6-13-25(16)14-12-20-17(2)26-22(24-20)18-10-11-21(23-15-18)27-19-8-4-3-5-9-19/h3-5,8-11,15-16H,6-7,12-14H2,1-2H3/t16-/m1/s1. The van der Waals surface area contributed by atoms with Gasteiger partial charge in [0, 0.05) is 31.3 Å². The van der Waals surface area contributed by atoms with Crippen molar-refractivity contribution >= 4 is 0 Å². The largest absolute Gasteiger partial charge is 0.441 e. The minimum absolute atomic E-state index is 0.552. The Hall–Kier alpha value is -2.66. The van der Waals surface area contributed by atoms with E-state index in [1.165, 1.54) is 19.4 Å². The van der Waals surface area contributed by atoms with Crippen LogP contribution in [0.1, 0.15) is 31.2 Å². The van der Waals surface area contributed by atoms with Crippen molar-refractivity contribution in [1.82, 2.24) is 14.9 Å². The zero-order valence-electron chi connectivity index (χ0n) is 15.9. The predicted octanol–water partition coefficient (Wildman–Crippen LogP) is 4.86. The van der Waals surface area contributed by atoms with Gasteiger partial charge in [0.25, 0.3) is 0 Å². The van der Waals surface area contributed by atoms with Crippen LogP contribution >= 0.6 is 0 Å². The van der Waals surface area contributed by atoms with E-state index in [9.17, 15) is 0 Å². The summed E-state index contributed by atoms with van der Waals surface area (Å²) >= 11 is 0. The van der Waals surface area contributed by atoms with Crippen molar-refractivity contribution < 1.29 is 9.15 Å². The molecule has 1 aliphatic rings. The van der Waals surface area contributed by atoms with Crippen LogP contribution < -0.4 is 4.74 Å². The van der Waals surface area contributed by atoms with E-state index in [1.807, 2.05) is 49.4 Å². The summed E-state index contributed by atoms with van der Waals surface area (Å²) in [5.41, 5.74) is 1.90. The van der Waals surface area contributed by atoms with Crippen molar-refractivity contribution in [2.75, 3.05) is 13.1 Å². The number of aryl methyl sites for hydroxylation is 1. The average molecular weight is 363 g/mol. The van der Waals surface area contributed by atoms with Gasteiger partial charge < -0.3 is 14.1 Å². The molecule has 0 N–H and O–H groups in total. The first kappa shape index (κ1) is 17.7. The van der Waals surface area contributed by atoms with Gasteiger partial charge in [-0.05, 0) is 51.4 Å². The van der Waals surface area contributed by atoms with Gasteiger partial charge in [0.2, 0.25) is 11.8 Å². The van der Waals surface area contributed by atoms with Gasteiger partial charge in [0.05, 0.1) is 11.3 Å². The Balaban J connectivity index is 1.42. The summed E-state index contributed by atoms with van der Waals surface area (Å²) < 4.78 is 11.6. The molecule has 0 spiro atoms. The molecule has 1 saturated heterocycles. The van der Waals surface area contributed by atoms with Crippen molar-refractivity contribution in [2.24, 2.45) is 0 Å². The van der Waals surface area contributed by atoms with Gasteiger partial charge in [0.1, 0.15) is 11.5 Å². The highest BCUT2D eigenvalue weighted by molar-refractivity contribution is 5.53. The molecule has 1 atom stereocenters. The number of para-hydroxylation sites is 1. The maximum atomic E-state index is 5.89. The van der Waals surface area contributed by atoms with Gasteiger partial charge in [0.15, 0.2) is 0 Å². The lowest BCUT2D eigenvalue weighted by Crippen LogP contribution is -2.29. The number of oxazole rings is 1. The Bertz CT molecular complexity index is 874. The van der Waals surface area contributed by atoms with Gasteiger partial charge in [-0.25, -0.2) is 9.97 Å². The summed E-state index contributed by atoms with van der Waals surface area (Å²) in [6.45, 7) is 6.52. The number of hydrogen-bond acceptors (Lipinski definition) is 5. The maximum Gasteiger partial charge on any atom is 0.228 e. The number of hydrogen-bond donors (Lipinski definition) is 0. The van der Waals surface area contributed by atoms with Crippen LogP contribution in [0.25, 0.3) is 11.5 Å². The summed E-state index contributed by atoms with van der Waals surface area (Å²) in [6, 6.07) is 14.1. The van der Waals surface area contributed by atoms with Crippen LogP contribution in [0.4, 0.5) is 0 Å². The first-order chi connectivity index (χ1) is 13.2. The van der Waals surface area contributed by atoms with Gasteiger partial charge in [-0.2, -0.15) is 0 Å². The van der Waals surface area contributed by atoms with Crippen LogP contribution in [0, 0.1) is 6.92 Å². The number of rotatable bonds is 6. The number of pyridine rings is 1. The first-order valence-corrected chi connectivity index (χ1v) is 9.59. The average Bonchev–Trinajstić information content (AvgIpc) is 3.27. The van der Waals surface area contributed by atoms with Crippen LogP contribution in [0.5, 0.6) is 11.6 Å². The molecule has 0 amide bonds. The Morgan fingerprint density at radius 1 is 1.19 bits per heavy atom. The fourth-order valence-corrected chi connectivity index (χ4v) is 3.53. The second-order valence-electron chi connectivity index (χ2n) is 7.10. The molecule has 5 heteroatoms. The summed E-state index contributed by atoms with van der Waals surface area (Å²) in [5, 5.41) is 0. The van der Waals surface area contributed by atoms with Crippen LogP contribution in [-0.4, -0.2) is 34.0 Å². The molecule has 1 aliphatic heterocycles. The molecular weight excluding hydrogens is 338 g/mol. The number of likely N-dealkylation sites (tertiary alicyclic amines) is 1. The third-order valence-corrected chi connectivity index (χ3v) is 5.17. The third kappa shape index (κ3) is 4.19. The normalized spacial score (nSPS) is 17.3. The van der Waals surface area contributed by atoms with Crippen molar-refractivity contribution in [2.45, 2.75) is 39.2 Å². The molecule has 1 aromatic carbocycles. The molecular formula is C22H25N3O2. The smallest absolute Gasteiger partial charge is 0.228 e. The molecule has 5 nitrogen and oxygen atoms in total. The molecule has 140 valence electrons. The summed E-state index contributed by atoms with van der Waals surface area (Å²) in [5.74, 6) is 2.83. The van der Waals surface area contributed by atoms with Gasteiger partial charge in [-0.3, -0.25) is 0 Å². The molecule has 3 aromatic rings. The van der Waals surface area contributed by atoms with E-state index in [-0.39, 0.29) is 0 Å². The quantitative estimate of drug-likeness (QED) is 0.626. The Morgan fingerprint density at radius 3 is 2.74 bits per heavy atom. The van der Waals surface area contributed by atoms with Gasteiger partial charge in [-0.15, -0.1) is 0 Å². The van der Waals surface area contributed by atoms with Crippen molar-refractivity contribution in [3.05, 3.63) is 60.1 Å². The lowest BCUT2D eigenvalue weighted by molar-refractivity contribution is 0.271.